The Kier molecular flexibility index (Phi) is 4.33. The number of nitrogens with two attached hydrogens (primary N) is 1. The zero-order chi connectivity index (χ0) is 13.9. The van der Waals surface area contributed by atoms with Crippen molar-refractivity contribution in [2.45, 2.75) is 63.2 Å². The molecule has 1 aromatic rings. The van der Waals surface area contributed by atoms with Gasteiger partial charge in [0.1, 0.15) is 0 Å². The molecular weight excluding hydrogens is 258 g/mol. The summed E-state index contributed by atoms with van der Waals surface area (Å²) < 4.78 is 16.7. The first kappa shape index (κ1) is 14.0. The van der Waals surface area contributed by atoms with E-state index in [1.807, 2.05) is 0 Å². The van der Waals surface area contributed by atoms with E-state index in [1.54, 1.807) is 0 Å². The van der Waals surface area contributed by atoms with E-state index in [-0.39, 0.29) is 18.1 Å². The molecule has 2 aliphatic rings. The summed E-state index contributed by atoms with van der Waals surface area (Å²) in [6.45, 7) is 3.33. The summed E-state index contributed by atoms with van der Waals surface area (Å²) in [6, 6.07) is -0.310. The SMILES string of the molecule is CCC1OCCC1c1nc(C(N)COC2CCC2)no1. The Morgan fingerprint density at radius 3 is 2.95 bits per heavy atom. The lowest BCUT2D eigenvalue weighted by Gasteiger charge is -2.26. The number of hydrogen-bond donors (Lipinski definition) is 1. The van der Waals surface area contributed by atoms with Crippen LogP contribution in [0.4, 0.5) is 0 Å². The molecule has 0 radical (unpaired) electrons. The minimum atomic E-state index is -0.310. The van der Waals surface area contributed by atoms with Gasteiger partial charge in [0.2, 0.25) is 5.89 Å². The van der Waals surface area contributed by atoms with Gasteiger partial charge in [-0.1, -0.05) is 12.1 Å². The summed E-state index contributed by atoms with van der Waals surface area (Å²) in [5.41, 5.74) is 6.06. The molecule has 3 unspecified atom stereocenters. The third-order valence-corrected chi connectivity index (χ3v) is 4.28. The monoisotopic (exact) mass is 281 g/mol. The van der Waals surface area contributed by atoms with E-state index >= 15 is 0 Å². The second-order valence-electron chi connectivity index (χ2n) is 5.70. The van der Waals surface area contributed by atoms with Crippen molar-refractivity contribution in [3.63, 3.8) is 0 Å². The maximum Gasteiger partial charge on any atom is 0.232 e. The van der Waals surface area contributed by atoms with Crippen LogP contribution in [-0.4, -0.2) is 35.6 Å². The smallest absolute Gasteiger partial charge is 0.232 e. The molecule has 6 nitrogen and oxygen atoms in total. The van der Waals surface area contributed by atoms with Crippen molar-refractivity contribution in [3.05, 3.63) is 11.7 Å². The molecule has 2 fully saturated rings. The van der Waals surface area contributed by atoms with Gasteiger partial charge >= 0.3 is 0 Å². The molecule has 0 bridgehead atoms. The van der Waals surface area contributed by atoms with E-state index in [4.69, 9.17) is 19.7 Å². The van der Waals surface area contributed by atoms with E-state index < -0.39 is 0 Å². The second-order valence-corrected chi connectivity index (χ2v) is 5.70. The van der Waals surface area contributed by atoms with E-state index in [9.17, 15) is 0 Å². The van der Waals surface area contributed by atoms with Gasteiger partial charge < -0.3 is 19.7 Å². The first-order valence-corrected chi connectivity index (χ1v) is 7.60. The molecule has 0 aromatic carbocycles. The van der Waals surface area contributed by atoms with E-state index in [2.05, 4.69) is 17.1 Å². The fourth-order valence-corrected chi connectivity index (χ4v) is 2.73. The molecule has 112 valence electrons. The van der Waals surface area contributed by atoms with Crippen molar-refractivity contribution in [2.75, 3.05) is 13.2 Å². The van der Waals surface area contributed by atoms with Crippen molar-refractivity contribution < 1.29 is 14.0 Å². The molecule has 3 rings (SSSR count). The Morgan fingerprint density at radius 1 is 1.40 bits per heavy atom. The molecular formula is C14H23N3O3. The number of hydrogen-bond acceptors (Lipinski definition) is 6. The summed E-state index contributed by atoms with van der Waals surface area (Å²) in [5.74, 6) is 1.41. The zero-order valence-electron chi connectivity index (χ0n) is 12.0. The third kappa shape index (κ3) is 2.87. The molecule has 1 saturated carbocycles. The molecule has 3 atom stereocenters. The van der Waals surface area contributed by atoms with Crippen molar-refractivity contribution in [2.24, 2.45) is 5.73 Å². The van der Waals surface area contributed by atoms with Gasteiger partial charge in [-0.15, -0.1) is 0 Å². The summed E-state index contributed by atoms with van der Waals surface area (Å²) in [6.07, 6.45) is 5.99. The molecule has 0 amide bonds. The van der Waals surface area contributed by atoms with Crippen LogP contribution in [0.3, 0.4) is 0 Å². The zero-order valence-corrected chi connectivity index (χ0v) is 12.0. The molecule has 0 spiro atoms. The predicted octanol–water partition coefficient (Wildman–Crippen LogP) is 1.92. The van der Waals surface area contributed by atoms with Gasteiger partial charge in [0.15, 0.2) is 5.82 Å². The highest BCUT2D eigenvalue weighted by Gasteiger charge is 2.33. The van der Waals surface area contributed by atoms with Crippen LogP contribution in [-0.2, 0) is 9.47 Å². The first-order chi connectivity index (χ1) is 9.78. The summed E-state index contributed by atoms with van der Waals surface area (Å²) >= 11 is 0. The fourth-order valence-electron chi connectivity index (χ4n) is 2.73. The highest BCUT2D eigenvalue weighted by Crippen LogP contribution is 2.32. The lowest BCUT2D eigenvalue weighted by Crippen LogP contribution is -2.27. The Balaban J connectivity index is 1.57. The van der Waals surface area contributed by atoms with E-state index in [0.29, 0.717) is 24.4 Å². The Morgan fingerprint density at radius 2 is 2.25 bits per heavy atom. The van der Waals surface area contributed by atoms with E-state index in [1.165, 1.54) is 6.42 Å². The van der Waals surface area contributed by atoms with Gasteiger partial charge in [-0.25, -0.2) is 0 Å². The van der Waals surface area contributed by atoms with Gasteiger partial charge in [-0.05, 0) is 32.1 Å². The minimum Gasteiger partial charge on any atom is -0.377 e. The average Bonchev–Trinajstić information content (AvgIpc) is 3.04. The largest absolute Gasteiger partial charge is 0.377 e. The maximum absolute atomic E-state index is 6.06. The van der Waals surface area contributed by atoms with Crippen LogP contribution in [0.25, 0.3) is 0 Å². The van der Waals surface area contributed by atoms with Crippen LogP contribution in [0.15, 0.2) is 4.52 Å². The molecule has 6 heteroatoms. The van der Waals surface area contributed by atoms with Crippen LogP contribution in [0.2, 0.25) is 0 Å². The van der Waals surface area contributed by atoms with Crippen molar-refractivity contribution in [1.82, 2.24) is 10.1 Å². The number of aromatic nitrogens is 2. The molecule has 2 N–H and O–H groups in total. The first-order valence-electron chi connectivity index (χ1n) is 7.60. The number of ether oxygens (including phenoxy) is 2. The lowest BCUT2D eigenvalue weighted by molar-refractivity contribution is -0.00549. The molecule has 20 heavy (non-hydrogen) atoms. The maximum atomic E-state index is 6.06. The number of nitrogens with zero attached hydrogens (tertiary/aromatic N) is 2. The van der Waals surface area contributed by atoms with Crippen LogP contribution in [0, 0.1) is 0 Å². The highest BCUT2D eigenvalue weighted by molar-refractivity contribution is 5.02. The van der Waals surface area contributed by atoms with E-state index in [0.717, 1.165) is 32.3 Å². The lowest BCUT2D eigenvalue weighted by atomic mass is 9.96. The van der Waals surface area contributed by atoms with Gasteiger partial charge in [0, 0.05) is 6.61 Å². The Bertz CT molecular complexity index is 433. The Labute approximate surface area is 119 Å². The third-order valence-electron chi connectivity index (χ3n) is 4.28. The highest BCUT2D eigenvalue weighted by atomic mass is 16.5. The second kappa shape index (κ2) is 6.20. The summed E-state index contributed by atoms with van der Waals surface area (Å²) in [7, 11) is 0. The average molecular weight is 281 g/mol. The minimum absolute atomic E-state index is 0.186. The van der Waals surface area contributed by atoms with Crippen molar-refractivity contribution in [1.29, 1.82) is 0 Å². The van der Waals surface area contributed by atoms with Gasteiger partial charge in [-0.2, -0.15) is 4.98 Å². The van der Waals surface area contributed by atoms with Crippen LogP contribution in [0.5, 0.6) is 0 Å². The number of rotatable bonds is 6. The Hall–Kier alpha value is -0.980. The topological polar surface area (TPSA) is 83.4 Å². The molecule has 1 aliphatic heterocycles. The van der Waals surface area contributed by atoms with Gasteiger partial charge in [0.05, 0.1) is 30.8 Å². The van der Waals surface area contributed by atoms with Crippen LogP contribution >= 0.6 is 0 Å². The van der Waals surface area contributed by atoms with Crippen LogP contribution < -0.4 is 5.73 Å². The van der Waals surface area contributed by atoms with Crippen molar-refractivity contribution >= 4 is 0 Å². The quantitative estimate of drug-likeness (QED) is 0.857. The van der Waals surface area contributed by atoms with Crippen molar-refractivity contribution in [3.8, 4) is 0 Å². The predicted molar refractivity (Wildman–Crippen MR) is 72.2 cm³/mol. The molecule has 1 aliphatic carbocycles. The summed E-state index contributed by atoms with van der Waals surface area (Å²) in [5, 5.41) is 4.00. The molecule has 2 heterocycles. The standard InChI is InChI=1S/C14H23N3O3/c1-2-12-10(6-7-18-12)14-16-13(17-20-14)11(15)8-19-9-4-3-5-9/h9-12H,2-8,15H2,1H3. The molecule has 1 saturated heterocycles. The molecule has 1 aromatic heterocycles. The van der Waals surface area contributed by atoms with Gasteiger partial charge in [-0.3, -0.25) is 0 Å². The normalized spacial score (nSPS) is 28.5. The van der Waals surface area contributed by atoms with Gasteiger partial charge in [0.25, 0.3) is 0 Å². The summed E-state index contributed by atoms with van der Waals surface area (Å²) in [4.78, 5) is 4.45. The van der Waals surface area contributed by atoms with Crippen LogP contribution in [0.1, 0.15) is 62.7 Å². The fraction of sp³-hybridized carbons (Fsp3) is 0.857.